The highest BCUT2D eigenvalue weighted by Gasteiger charge is 2.18. The van der Waals surface area contributed by atoms with Crippen LogP contribution in [0.25, 0.3) is 5.69 Å². The van der Waals surface area contributed by atoms with E-state index in [4.69, 9.17) is 0 Å². The molecule has 2 aromatic carbocycles. The normalized spacial score (nSPS) is 11.5. The first-order chi connectivity index (χ1) is 14.0. The number of rotatable bonds is 7. The minimum absolute atomic E-state index is 0.0709. The van der Waals surface area contributed by atoms with Crippen molar-refractivity contribution in [1.82, 2.24) is 30.3 Å². The molecule has 0 aliphatic carbocycles. The van der Waals surface area contributed by atoms with Gasteiger partial charge in [0, 0.05) is 13.6 Å². The van der Waals surface area contributed by atoms with Gasteiger partial charge in [0.25, 0.3) is 0 Å². The van der Waals surface area contributed by atoms with E-state index >= 15 is 0 Å². The second-order valence-corrected chi connectivity index (χ2v) is 6.63. The van der Waals surface area contributed by atoms with Gasteiger partial charge < -0.3 is 15.5 Å². The summed E-state index contributed by atoms with van der Waals surface area (Å²) in [6.45, 7) is 2.28. The third kappa shape index (κ3) is 5.41. The highest BCUT2D eigenvalue weighted by molar-refractivity contribution is 5.84. The van der Waals surface area contributed by atoms with Crippen LogP contribution in [0.3, 0.4) is 0 Å². The van der Waals surface area contributed by atoms with Gasteiger partial charge in [-0.05, 0) is 30.2 Å². The second-order valence-electron chi connectivity index (χ2n) is 6.63. The lowest BCUT2D eigenvalue weighted by Gasteiger charge is -2.25. The van der Waals surface area contributed by atoms with E-state index in [0.717, 1.165) is 16.8 Å². The van der Waals surface area contributed by atoms with E-state index in [-0.39, 0.29) is 24.5 Å². The molecule has 3 rings (SSSR count). The Labute approximate surface area is 169 Å². The van der Waals surface area contributed by atoms with Gasteiger partial charge in [0.05, 0.1) is 18.3 Å². The largest absolute Gasteiger partial charge is 0.337 e. The van der Waals surface area contributed by atoms with E-state index < -0.39 is 0 Å². The van der Waals surface area contributed by atoms with Crippen LogP contribution in [0.4, 0.5) is 4.79 Å². The fraction of sp³-hybridized carbons (Fsp3) is 0.238. The summed E-state index contributed by atoms with van der Waals surface area (Å²) < 4.78 is 1.67. The molecule has 0 spiro atoms. The Bertz CT molecular complexity index is 926. The number of hydrogen-bond acceptors (Lipinski definition) is 4. The lowest BCUT2D eigenvalue weighted by Crippen LogP contribution is -2.43. The summed E-state index contributed by atoms with van der Waals surface area (Å²) >= 11 is 0. The van der Waals surface area contributed by atoms with Crippen molar-refractivity contribution in [3.8, 4) is 5.69 Å². The molecule has 1 heterocycles. The number of nitrogens with zero attached hydrogens (tertiary/aromatic N) is 4. The van der Waals surface area contributed by atoms with Crippen molar-refractivity contribution < 1.29 is 9.59 Å². The van der Waals surface area contributed by atoms with E-state index in [0.29, 0.717) is 6.54 Å². The van der Waals surface area contributed by atoms with Crippen molar-refractivity contribution in [3.05, 3.63) is 78.4 Å². The molecule has 3 aromatic rings. The molecule has 2 N–H and O–H groups in total. The molecule has 0 bridgehead atoms. The predicted octanol–water partition coefficient (Wildman–Crippen LogP) is 2.29. The Morgan fingerprint density at radius 1 is 1.07 bits per heavy atom. The first kappa shape index (κ1) is 20.1. The number of carbonyl (C=O) groups excluding carboxylic acids is 2. The van der Waals surface area contributed by atoms with Crippen molar-refractivity contribution in [3.63, 3.8) is 0 Å². The maximum atomic E-state index is 12.5. The molecule has 0 unspecified atom stereocenters. The molecule has 1 atom stereocenters. The number of carbonyl (C=O) groups is 2. The molecule has 0 saturated heterocycles. The van der Waals surface area contributed by atoms with Gasteiger partial charge in [0.2, 0.25) is 5.91 Å². The van der Waals surface area contributed by atoms with Gasteiger partial charge in [0.15, 0.2) is 0 Å². The molecule has 29 heavy (non-hydrogen) atoms. The molecule has 0 saturated carbocycles. The third-order valence-electron chi connectivity index (χ3n) is 4.73. The average molecular weight is 392 g/mol. The van der Waals surface area contributed by atoms with E-state index in [1.807, 2.05) is 61.5 Å². The van der Waals surface area contributed by atoms with Crippen molar-refractivity contribution >= 4 is 11.9 Å². The highest BCUT2D eigenvalue weighted by atomic mass is 16.2. The zero-order chi connectivity index (χ0) is 20.6. The number of hydrogen-bond donors (Lipinski definition) is 2. The van der Waals surface area contributed by atoms with Crippen molar-refractivity contribution in [2.45, 2.75) is 19.5 Å². The lowest BCUT2D eigenvalue weighted by molar-refractivity contribution is -0.130. The van der Waals surface area contributed by atoms with Gasteiger partial charge in [-0.3, -0.25) is 4.79 Å². The van der Waals surface area contributed by atoms with Crippen LogP contribution in [0.15, 0.2) is 67.3 Å². The first-order valence-electron chi connectivity index (χ1n) is 9.31. The Balaban J connectivity index is 1.48. The summed E-state index contributed by atoms with van der Waals surface area (Å²) in [5.41, 5.74) is 2.87. The van der Waals surface area contributed by atoms with E-state index in [9.17, 15) is 9.59 Å². The van der Waals surface area contributed by atoms with Gasteiger partial charge in [0.1, 0.15) is 12.7 Å². The number of amides is 3. The molecule has 8 nitrogen and oxygen atoms in total. The van der Waals surface area contributed by atoms with Gasteiger partial charge in [-0.25, -0.2) is 14.5 Å². The monoisotopic (exact) mass is 392 g/mol. The summed E-state index contributed by atoms with van der Waals surface area (Å²) in [6, 6.07) is 16.8. The van der Waals surface area contributed by atoms with Crippen molar-refractivity contribution in [1.29, 1.82) is 0 Å². The molecule has 0 radical (unpaired) electrons. The van der Waals surface area contributed by atoms with E-state index in [1.54, 1.807) is 23.0 Å². The van der Waals surface area contributed by atoms with Crippen LogP contribution in [0.2, 0.25) is 0 Å². The van der Waals surface area contributed by atoms with Crippen LogP contribution in [-0.4, -0.2) is 45.2 Å². The van der Waals surface area contributed by atoms with Crippen molar-refractivity contribution in [2.75, 3.05) is 13.6 Å². The Morgan fingerprint density at radius 2 is 1.79 bits per heavy atom. The standard InChI is InChI=1S/C21H24N6O2/c1-16(18-8-10-19(11-9-18)27-15-22-14-25-27)26(2)20(28)13-24-21(29)23-12-17-6-4-3-5-7-17/h3-11,14-16H,12-13H2,1-2H3,(H2,23,24,29)/t16-/m1/s1. The summed E-state index contributed by atoms with van der Waals surface area (Å²) in [5.74, 6) is -0.173. The van der Waals surface area contributed by atoms with Crippen LogP contribution in [0.5, 0.6) is 0 Å². The molecule has 0 aliphatic heterocycles. The summed E-state index contributed by atoms with van der Waals surface area (Å²) in [6.07, 6.45) is 3.11. The van der Waals surface area contributed by atoms with Crippen LogP contribution >= 0.6 is 0 Å². The molecular formula is C21H24N6O2. The van der Waals surface area contributed by atoms with Crippen LogP contribution in [-0.2, 0) is 11.3 Å². The quantitative estimate of drug-likeness (QED) is 0.645. The van der Waals surface area contributed by atoms with Crippen LogP contribution in [0, 0.1) is 0 Å². The number of likely N-dealkylation sites (N-methyl/N-ethyl adjacent to an activating group) is 1. The van der Waals surface area contributed by atoms with E-state index in [1.165, 1.54) is 6.33 Å². The summed E-state index contributed by atoms with van der Waals surface area (Å²) in [4.78, 5) is 29.9. The molecule has 1 aromatic heterocycles. The van der Waals surface area contributed by atoms with Crippen molar-refractivity contribution in [2.24, 2.45) is 0 Å². The fourth-order valence-corrected chi connectivity index (χ4v) is 2.81. The zero-order valence-corrected chi connectivity index (χ0v) is 16.4. The van der Waals surface area contributed by atoms with E-state index in [2.05, 4.69) is 20.7 Å². The number of nitrogens with one attached hydrogen (secondary N) is 2. The SMILES string of the molecule is C[C@H](c1ccc(-n2cncn2)cc1)N(C)C(=O)CNC(=O)NCc1ccccc1. The number of benzene rings is 2. The summed E-state index contributed by atoms with van der Waals surface area (Å²) in [7, 11) is 1.72. The minimum atomic E-state index is -0.375. The van der Waals surface area contributed by atoms with Gasteiger partial charge in [-0.2, -0.15) is 5.10 Å². The molecule has 150 valence electrons. The average Bonchev–Trinajstić information content (AvgIpc) is 3.31. The third-order valence-corrected chi connectivity index (χ3v) is 4.73. The Morgan fingerprint density at radius 3 is 2.45 bits per heavy atom. The van der Waals surface area contributed by atoms with Crippen LogP contribution in [0.1, 0.15) is 24.1 Å². The predicted molar refractivity (Wildman–Crippen MR) is 109 cm³/mol. The first-order valence-corrected chi connectivity index (χ1v) is 9.31. The molecule has 0 aliphatic rings. The maximum absolute atomic E-state index is 12.5. The van der Waals surface area contributed by atoms with Gasteiger partial charge in [-0.15, -0.1) is 0 Å². The lowest BCUT2D eigenvalue weighted by atomic mass is 10.1. The van der Waals surface area contributed by atoms with Gasteiger partial charge in [-0.1, -0.05) is 42.5 Å². The Hall–Kier alpha value is -3.68. The highest BCUT2D eigenvalue weighted by Crippen LogP contribution is 2.20. The Kier molecular flexibility index (Phi) is 6.57. The summed E-state index contributed by atoms with van der Waals surface area (Å²) in [5, 5.41) is 9.44. The smallest absolute Gasteiger partial charge is 0.315 e. The number of urea groups is 1. The van der Waals surface area contributed by atoms with Crippen LogP contribution < -0.4 is 10.6 Å². The number of aromatic nitrogens is 3. The second kappa shape index (κ2) is 9.50. The zero-order valence-electron chi connectivity index (χ0n) is 16.4. The topological polar surface area (TPSA) is 92.2 Å². The van der Waals surface area contributed by atoms with Gasteiger partial charge >= 0.3 is 6.03 Å². The molecule has 8 heteroatoms. The molecular weight excluding hydrogens is 368 g/mol. The fourth-order valence-electron chi connectivity index (χ4n) is 2.81. The molecule has 3 amide bonds. The minimum Gasteiger partial charge on any atom is -0.337 e. The molecule has 0 fully saturated rings. The maximum Gasteiger partial charge on any atom is 0.315 e.